The van der Waals surface area contributed by atoms with E-state index in [0.29, 0.717) is 17.9 Å². The molecule has 0 saturated heterocycles. The lowest BCUT2D eigenvalue weighted by atomic mass is 10.1. The fraction of sp³-hybridized carbons (Fsp3) is 0.417. The van der Waals surface area contributed by atoms with Gasteiger partial charge in [-0.25, -0.2) is 4.79 Å². The Morgan fingerprint density at radius 3 is 2.69 bits per heavy atom. The molecule has 0 saturated carbocycles. The molecule has 4 heteroatoms. The number of anilines is 2. The monoisotopic (exact) mass is 222 g/mol. The summed E-state index contributed by atoms with van der Waals surface area (Å²) in [4.78, 5) is 13.6. The van der Waals surface area contributed by atoms with Crippen LogP contribution in [0.4, 0.5) is 11.4 Å². The number of carbonyl (C=O) groups is 1. The molecule has 0 aliphatic carbocycles. The topological polar surface area (TPSA) is 55.6 Å². The maximum Gasteiger partial charge on any atom is 0.340 e. The maximum absolute atomic E-state index is 11.6. The van der Waals surface area contributed by atoms with Crippen LogP contribution in [0.3, 0.4) is 0 Å². The minimum atomic E-state index is -0.369. The molecular formula is C12H18N2O2. The van der Waals surface area contributed by atoms with Gasteiger partial charge in [0.15, 0.2) is 0 Å². The van der Waals surface area contributed by atoms with Gasteiger partial charge in [0.05, 0.1) is 12.2 Å². The molecule has 1 aromatic rings. The molecule has 4 nitrogen and oxygen atoms in total. The molecule has 16 heavy (non-hydrogen) atoms. The number of hydrogen-bond acceptors (Lipinski definition) is 4. The average Bonchev–Trinajstić information content (AvgIpc) is 2.29. The van der Waals surface area contributed by atoms with Gasteiger partial charge in [-0.05, 0) is 32.0 Å². The van der Waals surface area contributed by atoms with Crippen molar-refractivity contribution in [1.29, 1.82) is 0 Å². The summed E-state index contributed by atoms with van der Waals surface area (Å²) in [6, 6.07) is 5.38. The summed E-state index contributed by atoms with van der Waals surface area (Å²) in [6.07, 6.45) is 0. The van der Waals surface area contributed by atoms with Crippen molar-refractivity contribution in [3.63, 3.8) is 0 Å². The van der Waals surface area contributed by atoms with Gasteiger partial charge >= 0.3 is 5.97 Å². The first-order chi connectivity index (χ1) is 7.60. The summed E-state index contributed by atoms with van der Waals surface area (Å²) in [5.41, 5.74) is 7.58. The maximum atomic E-state index is 11.6. The number of nitrogen functional groups attached to an aromatic ring is 1. The van der Waals surface area contributed by atoms with Crippen LogP contribution < -0.4 is 10.6 Å². The molecule has 0 unspecified atom stereocenters. The van der Waals surface area contributed by atoms with Crippen molar-refractivity contribution in [2.24, 2.45) is 0 Å². The molecule has 0 fully saturated rings. The molecule has 2 N–H and O–H groups in total. The highest BCUT2D eigenvalue weighted by molar-refractivity contribution is 5.96. The summed E-state index contributed by atoms with van der Waals surface area (Å²) in [5.74, 6) is -0.369. The zero-order valence-electron chi connectivity index (χ0n) is 9.99. The molecule has 0 amide bonds. The summed E-state index contributed by atoms with van der Waals surface area (Å²) in [7, 11) is 1.96. The quantitative estimate of drug-likeness (QED) is 0.624. The van der Waals surface area contributed by atoms with E-state index in [1.54, 1.807) is 19.1 Å². The lowest BCUT2D eigenvalue weighted by Crippen LogP contribution is -2.17. The van der Waals surface area contributed by atoms with Gasteiger partial charge in [-0.3, -0.25) is 0 Å². The second-order valence-electron chi connectivity index (χ2n) is 3.51. The van der Waals surface area contributed by atoms with Gasteiger partial charge in [0, 0.05) is 25.0 Å². The van der Waals surface area contributed by atoms with Crippen LogP contribution in [0, 0.1) is 0 Å². The van der Waals surface area contributed by atoms with Crippen molar-refractivity contribution in [2.75, 3.05) is 30.8 Å². The van der Waals surface area contributed by atoms with E-state index in [2.05, 4.69) is 0 Å². The number of nitrogens with zero attached hydrogens (tertiary/aromatic N) is 1. The average molecular weight is 222 g/mol. The van der Waals surface area contributed by atoms with E-state index in [4.69, 9.17) is 10.5 Å². The highest BCUT2D eigenvalue weighted by atomic mass is 16.5. The van der Waals surface area contributed by atoms with Gasteiger partial charge in [0.25, 0.3) is 0 Å². The van der Waals surface area contributed by atoms with Crippen molar-refractivity contribution in [3.8, 4) is 0 Å². The minimum Gasteiger partial charge on any atom is -0.462 e. The van der Waals surface area contributed by atoms with Crippen LogP contribution in [0.2, 0.25) is 0 Å². The van der Waals surface area contributed by atoms with Crippen LogP contribution in [-0.4, -0.2) is 26.2 Å². The third kappa shape index (κ3) is 2.66. The number of rotatable bonds is 4. The third-order valence-corrected chi connectivity index (χ3v) is 2.45. The van der Waals surface area contributed by atoms with Crippen molar-refractivity contribution in [2.45, 2.75) is 13.8 Å². The molecule has 0 heterocycles. The van der Waals surface area contributed by atoms with Crippen molar-refractivity contribution >= 4 is 17.3 Å². The molecule has 88 valence electrons. The second kappa shape index (κ2) is 5.39. The number of nitrogens with two attached hydrogens (primary N) is 1. The standard InChI is InChI=1S/C12H18N2O2/c1-4-14(3)9-6-7-11(13)10(8-9)12(15)16-5-2/h6-8H,4-5,13H2,1-3H3. The second-order valence-corrected chi connectivity index (χ2v) is 3.51. The highest BCUT2D eigenvalue weighted by Gasteiger charge is 2.12. The lowest BCUT2D eigenvalue weighted by Gasteiger charge is -2.18. The van der Waals surface area contributed by atoms with Crippen LogP contribution in [-0.2, 0) is 4.74 Å². The molecule has 0 bridgehead atoms. The van der Waals surface area contributed by atoms with Gasteiger partial charge in [-0.2, -0.15) is 0 Å². The van der Waals surface area contributed by atoms with E-state index in [1.807, 2.05) is 24.9 Å². The Morgan fingerprint density at radius 1 is 1.44 bits per heavy atom. The molecule has 1 rings (SSSR count). The first-order valence-electron chi connectivity index (χ1n) is 5.37. The van der Waals surface area contributed by atoms with E-state index in [0.717, 1.165) is 12.2 Å². The Balaban J connectivity index is 3.03. The van der Waals surface area contributed by atoms with E-state index in [9.17, 15) is 4.79 Å². The van der Waals surface area contributed by atoms with Crippen LogP contribution in [0.25, 0.3) is 0 Å². The molecule has 0 aromatic heterocycles. The van der Waals surface area contributed by atoms with E-state index in [1.165, 1.54) is 0 Å². The summed E-state index contributed by atoms with van der Waals surface area (Å²) in [6.45, 7) is 5.04. The Bertz CT molecular complexity index is 377. The zero-order chi connectivity index (χ0) is 12.1. The van der Waals surface area contributed by atoms with Crippen molar-refractivity contribution in [1.82, 2.24) is 0 Å². The van der Waals surface area contributed by atoms with Gasteiger partial charge in [-0.1, -0.05) is 0 Å². The van der Waals surface area contributed by atoms with Crippen LogP contribution in [0.1, 0.15) is 24.2 Å². The van der Waals surface area contributed by atoms with Crippen LogP contribution in [0.5, 0.6) is 0 Å². The van der Waals surface area contributed by atoms with E-state index >= 15 is 0 Å². The fourth-order valence-electron chi connectivity index (χ4n) is 1.35. The van der Waals surface area contributed by atoms with Gasteiger partial charge < -0.3 is 15.4 Å². The number of ether oxygens (including phenoxy) is 1. The normalized spacial score (nSPS) is 9.94. The molecule has 0 atom stereocenters. The molecule has 1 aromatic carbocycles. The first kappa shape index (κ1) is 12.4. The SMILES string of the molecule is CCOC(=O)c1cc(N(C)CC)ccc1N. The minimum absolute atomic E-state index is 0.353. The third-order valence-electron chi connectivity index (χ3n) is 2.45. The van der Waals surface area contributed by atoms with Crippen LogP contribution >= 0.6 is 0 Å². The predicted molar refractivity (Wildman–Crippen MR) is 65.8 cm³/mol. The Labute approximate surface area is 96.0 Å². The molecule has 0 aliphatic rings. The molecule has 0 aliphatic heterocycles. The van der Waals surface area contributed by atoms with Crippen molar-refractivity contribution in [3.05, 3.63) is 23.8 Å². The first-order valence-corrected chi connectivity index (χ1v) is 5.37. The Morgan fingerprint density at radius 2 is 2.12 bits per heavy atom. The van der Waals surface area contributed by atoms with Gasteiger partial charge in [0.1, 0.15) is 0 Å². The van der Waals surface area contributed by atoms with E-state index in [-0.39, 0.29) is 5.97 Å². The summed E-state index contributed by atoms with van der Waals surface area (Å²) < 4.78 is 4.94. The summed E-state index contributed by atoms with van der Waals surface area (Å²) >= 11 is 0. The lowest BCUT2D eigenvalue weighted by molar-refractivity contribution is 0.0527. The summed E-state index contributed by atoms with van der Waals surface area (Å²) in [5, 5.41) is 0. The zero-order valence-corrected chi connectivity index (χ0v) is 9.99. The predicted octanol–water partition coefficient (Wildman–Crippen LogP) is 1.90. The molecular weight excluding hydrogens is 204 g/mol. The molecule has 0 radical (unpaired) electrons. The fourth-order valence-corrected chi connectivity index (χ4v) is 1.35. The van der Waals surface area contributed by atoms with Crippen molar-refractivity contribution < 1.29 is 9.53 Å². The van der Waals surface area contributed by atoms with Gasteiger partial charge in [-0.15, -0.1) is 0 Å². The number of carbonyl (C=O) groups excluding carboxylic acids is 1. The van der Waals surface area contributed by atoms with Crippen LogP contribution in [0.15, 0.2) is 18.2 Å². The number of hydrogen-bond donors (Lipinski definition) is 1. The highest BCUT2D eigenvalue weighted by Crippen LogP contribution is 2.21. The van der Waals surface area contributed by atoms with Gasteiger partial charge in [0.2, 0.25) is 0 Å². The Kier molecular flexibility index (Phi) is 4.17. The molecule has 0 spiro atoms. The Hall–Kier alpha value is -1.71. The van der Waals surface area contributed by atoms with E-state index < -0.39 is 0 Å². The largest absolute Gasteiger partial charge is 0.462 e. The number of benzene rings is 1. The smallest absolute Gasteiger partial charge is 0.340 e. The number of esters is 1.